The van der Waals surface area contributed by atoms with Crippen LogP contribution in [-0.2, 0) is 12.6 Å². The molecule has 3 rings (SSSR count). The fourth-order valence-corrected chi connectivity index (χ4v) is 3.09. The van der Waals surface area contributed by atoms with Crippen LogP contribution >= 0.6 is 11.3 Å². The summed E-state index contributed by atoms with van der Waals surface area (Å²) in [6.07, 6.45) is -0.593. The minimum atomic E-state index is -4.54. The topological polar surface area (TPSA) is 84.0 Å². The molecule has 10 heteroatoms. The number of hydrogen-bond donors (Lipinski definition) is 2. The highest BCUT2D eigenvalue weighted by Crippen LogP contribution is 2.29. The van der Waals surface area contributed by atoms with Crippen molar-refractivity contribution in [1.29, 1.82) is 0 Å². The molecule has 2 N–H and O–H groups in total. The number of thiazole rings is 1. The zero-order chi connectivity index (χ0) is 20.9. The molecule has 29 heavy (non-hydrogen) atoms. The van der Waals surface area contributed by atoms with E-state index in [1.807, 2.05) is 12.1 Å². The van der Waals surface area contributed by atoms with Crippen molar-refractivity contribution in [3.63, 3.8) is 0 Å². The Hall–Kier alpha value is -3.27. The van der Waals surface area contributed by atoms with E-state index in [-0.39, 0.29) is 16.4 Å². The van der Waals surface area contributed by atoms with Gasteiger partial charge in [-0.15, -0.1) is 11.3 Å². The lowest BCUT2D eigenvalue weighted by molar-refractivity contribution is -0.137. The molecule has 2 amide bonds. The number of rotatable bonds is 6. The van der Waals surface area contributed by atoms with Gasteiger partial charge in [-0.25, -0.2) is 4.98 Å². The average molecular weight is 420 g/mol. The van der Waals surface area contributed by atoms with Crippen molar-refractivity contribution in [2.75, 3.05) is 11.9 Å². The molecule has 0 atom stereocenters. The van der Waals surface area contributed by atoms with Gasteiger partial charge in [-0.1, -0.05) is 6.07 Å². The number of anilines is 1. The average Bonchev–Trinajstić information content (AvgIpc) is 3.17. The summed E-state index contributed by atoms with van der Waals surface area (Å²) in [6, 6.07) is 7.75. The zero-order valence-corrected chi connectivity index (χ0v) is 15.7. The largest absolute Gasteiger partial charge is 0.416 e. The second kappa shape index (κ2) is 8.82. The van der Waals surface area contributed by atoms with Gasteiger partial charge in [0.2, 0.25) is 0 Å². The summed E-state index contributed by atoms with van der Waals surface area (Å²) in [5.74, 6) is -1.15. The van der Waals surface area contributed by atoms with E-state index in [0.717, 1.165) is 35.1 Å². The maximum absolute atomic E-state index is 12.8. The van der Waals surface area contributed by atoms with Gasteiger partial charge in [0, 0.05) is 29.9 Å². The van der Waals surface area contributed by atoms with Gasteiger partial charge in [0.05, 0.1) is 5.56 Å². The number of alkyl halides is 3. The van der Waals surface area contributed by atoms with Crippen LogP contribution in [-0.4, -0.2) is 28.3 Å². The lowest BCUT2D eigenvalue weighted by Gasteiger charge is -2.08. The highest BCUT2D eigenvalue weighted by molar-refractivity contribution is 7.14. The van der Waals surface area contributed by atoms with Crippen LogP contribution in [0.2, 0.25) is 0 Å². The molecule has 2 heterocycles. The Balaban J connectivity index is 1.57. The smallest absolute Gasteiger partial charge is 0.350 e. The number of amides is 2. The van der Waals surface area contributed by atoms with E-state index in [4.69, 9.17) is 0 Å². The third-order valence-corrected chi connectivity index (χ3v) is 4.62. The minimum Gasteiger partial charge on any atom is -0.350 e. The zero-order valence-electron chi connectivity index (χ0n) is 14.9. The van der Waals surface area contributed by atoms with E-state index < -0.39 is 23.6 Å². The minimum absolute atomic E-state index is 0.115. The van der Waals surface area contributed by atoms with Gasteiger partial charge in [0.15, 0.2) is 5.13 Å². The molecule has 6 nitrogen and oxygen atoms in total. The lowest BCUT2D eigenvalue weighted by atomic mass is 10.1. The number of carbonyl (C=O) groups is 2. The van der Waals surface area contributed by atoms with Gasteiger partial charge >= 0.3 is 6.18 Å². The van der Waals surface area contributed by atoms with Crippen LogP contribution < -0.4 is 10.6 Å². The standard InChI is InChI=1S/C19H15F3N4O2S/c20-19(21,22)14-3-1-2-13(10-14)16(27)26-18-25-15(11-29-18)17(28)24-9-6-12-4-7-23-8-5-12/h1-5,7-8,10-11H,6,9H2,(H,24,28)(H,25,26,27). The molecular formula is C19H15F3N4O2S. The van der Waals surface area contributed by atoms with Gasteiger partial charge in [0.1, 0.15) is 5.69 Å². The van der Waals surface area contributed by atoms with Crippen LogP contribution in [0.15, 0.2) is 54.2 Å². The summed E-state index contributed by atoms with van der Waals surface area (Å²) < 4.78 is 38.3. The number of benzene rings is 1. The Labute approximate surface area is 167 Å². The van der Waals surface area contributed by atoms with E-state index >= 15 is 0 Å². The molecule has 0 saturated heterocycles. The van der Waals surface area contributed by atoms with Crippen LogP contribution in [0.3, 0.4) is 0 Å². The van der Waals surface area contributed by atoms with E-state index in [1.165, 1.54) is 11.4 Å². The summed E-state index contributed by atoms with van der Waals surface area (Å²) in [6.45, 7) is 0.395. The van der Waals surface area contributed by atoms with Gasteiger partial charge in [-0.2, -0.15) is 13.2 Å². The van der Waals surface area contributed by atoms with Gasteiger partial charge in [0.25, 0.3) is 11.8 Å². The van der Waals surface area contributed by atoms with Crippen LogP contribution in [0.5, 0.6) is 0 Å². The summed E-state index contributed by atoms with van der Waals surface area (Å²) in [7, 11) is 0. The second-order valence-corrected chi connectivity index (χ2v) is 6.79. The first-order valence-electron chi connectivity index (χ1n) is 8.44. The highest BCUT2D eigenvalue weighted by Gasteiger charge is 2.31. The number of nitrogens with one attached hydrogen (secondary N) is 2. The number of halogens is 3. The van der Waals surface area contributed by atoms with Crippen molar-refractivity contribution in [3.8, 4) is 0 Å². The number of carbonyl (C=O) groups excluding carboxylic acids is 2. The van der Waals surface area contributed by atoms with Crippen molar-refractivity contribution in [2.24, 2.45) is 0 Å². The molecule has 0 aliphatic carbocycles. The molecule has 0 spiro atoms. The molecule has 0 radical (unpaired) electrons. The maximum atomic E-state index is 12.8. The third kappa shape index (κ3) is 5.61. The Morgan fingerprint density at radius 3 is 2.55 bits per heavy atom. The van der Waals surface area contributed by atoms with Crippen molar-refractivity contribution in [2.45, 2.75) is 12.6 Å². The lowest BCUT2D eigenvalue weighted by Crippen LogP contribution is -2.26. The molecule has 0 aliphatic rings. The molecule has 150 valence electrons. The van der Waals surface area contributed by atoms with Crippen LogP contribution in [0.25, 0.3) is 0 Å². The summed E-state index contributed by atoms with van der Waals surface area (Å²) in [5, 5.41) is 6.70. The Morgan fingerprint density at radius 2 is 1.83 bits per heavy atom. The number of hydrogen-bond acceptors (Lipinski definition) is 5. The van der Waals surface area contributed by atoms with Crippen molar-refractivity contribution in [3.05, 3.63) is 76.6 Å². The first-order valence-corrected chi connectivity index (χ1v) is 9.32. The van der Waals surface area contributed by atoms with Crippen molar-refractivity contribution < 1.29 is 22.8 Å². The van der Waals surface area contributed by atoms with Crippen LogP contribution in [0.4, 0.5) is 18.3 Å². The number of nitrogens with zero attached hydrogens (tertiary/aromatic N) is 2. The predicted molar refractivity (Wildman–Crippen MR) is 102 cm³/mol. The Kier molecular flexibility index (Phi) is 6.23. The second-order valence-electron chi connectivity index (χ2n) is 5.93. The molecule has 0 bridgehead atoms. The molecule has 3 aromatic rings. The third-order valence-electron chi connectivity index (χ3n) is 3.86. The van der Waals surface area contributed by atoms with Crippen LogP contribution in [0.1, 0.15) is 32.0 Å². The van der Waals surface area contributed by atoms with Crippen molar-refractivity contribution >= 4 is 28.3 Å². The fourth-order valence-electron chi connectivity index (χ4n) is 2.40. The maximum Gasteiger partial charge on any atom is 0.416 e. The Morgan fingerprint density at radius 1 is 1.07 bits per heavy atom. The molecule has 0 fully saturated rings. The van der Waals surface area contributed by atoms with Gasteiger partial charge < -0.3 is 5.32 Å². The van der Waals surface area contributed by atoms with Gasteiger partial charge in [-0.05, 0) is 42.3 Å². The normalized spacial score (nSPS) is 11.1. The summed E-state index contributed by atoms with van der Waals surface area (Å²) in [4.78, 5) is 32.3. The molecule has 0 aliphatic heterocycles. The first kappa shape index (κ1) is 20.5. The Bertz CT molecular complexity index is 1010. The molecule has 0 saturated carbocycles. The van der Waals surface area contributed by atoms with Gasteiger partial charge in [-0.3, -0.25) is 19.9 Å². The SMILES string of the molecule is O=C(Nc1nc(C(=O)NCCc2ccncc2)cs1)c1cccc(C(F)(F)F)c1. The number of aromatic nitrogens is 2. The van der Waals surface area contributed by atoms with E-state index in [0.29, 0.717) is 13.0 Å². The van der Waals surface area contributed by atoms with E-state index in [9.17, 15) is 22.8 Å². The van der Waals surface area contributed by atoms with Crippen molar-refractivity contribution in [1.82, 2.24) is 15.3 Å². The highest BCUT2D eigenvalue weighted by atomic mass is 32.1. The quantitative estimate of drug-likeness (QED) is 0.636. The fraction of sp³-hybridized carbons (Fsp3) is 0.158. The van der Waals surface area contributed by atoms with Crippen LogP contribution in [0, 0.1) is 0 Å². The summed E-state index contributed by atoms with van der Waals surface area (Å²) >= 11 is 1.01. The van der Waals surface area contributed by atoms with E-state index in [1.54, 1.807) is 12.4 Å². The number of pyridine rings is 1. The monoisotopic (exact) mass is 420 g/mol. The summed E-state index contributed by atoms with van der Waals surface area (Å²) in [5.41, 5.74) is 0.0635. The molecule has 1 aromatic carbocycles. The molecular weight excluding hydrogens is 405 g/mol. The molecule has 0 unspecified atom stereocenters. The predicted octanol–water partition coefficient (Wildman–Crippen LogP) is 3.78. The molecule has 2 aromatic heterocycles. The van der Waals surface area contributed by atoms with E-state index in [2.05, 4.69) is 20.6 Å². The first-order chi connectivity index (χ1) is 13.8.